The normalized spacial score (nSPS) is 12.8. The standard InChI is InChI=1S/C14H20N4O2/c1-11(12-6-4-5-8-15-12)18(2)10-14-16-13(17-20-14)7-9-19-3/h4-6,8,11H,7,9-10H2,1-3H3/t11-/m0/s1. The molecule has 0 radical (unpaired) electrons. The summed E-state index contributed by atoms with van der Waals surface area (Å²) in [4.78, 5) is 10.8. The fraction of sp³-hybridized carbons (Fsp3) is 0.500. The average molecular weight is 276 g/mol. The molecule has 0 N–H and O–H groups in total. The minimum Gasteiger partial charge on any atom is -0.384 e. The van der Waals surface area contributed by atoms with Gasteiger partial charge in [0.1, 0.15) is 0 Å². The van der Waals surface area contributed by atoms with Crippen molar-refractivity contribution in [1.82, 2.24) is 20.0 Å². The van der Waals surface area contributed by atoms with Gasteiger partial charge in [-0.3, -0.25) is 9.88 Å². The maximum Gasteiger partial charge on any atom is 0.240 e. The lowest BCUT2D eigenvalue weighted by Gasteiger charge is -2.22. The van der Waals surface area contributed by atoms with Crippen LogP contribution in [-0.4, -0.2) is 40.8 Å². The Morgan fingerprint density at radius 2 is 2.25 bits per heavy atom. The average Bonchev–Trinajstić information content (AvgIpc) is 2.92. The van der Waals surface area contributed by atoms with E-state index < -0.39 is 0 Å². The summed E-state index contributed by atoms with van der Waals surface area (Å²) in [6.45, 7) is 3.29. The summed E-state index contributed by atoms with van der Waals surface area (Å²) >= 11 is 0. The van der Waals surface area contributed by atoms with E-state index in [2.05, 4.69) is 26.9 Å². The summed E-state index contributed by atoms with van der Waals surface area (Å²) in [5.74, 6) is 1.29. The molecule has 2 aromatic rings. The summed E-state index contributed by atoms with van der Waals surface area (Å²) in [6, 6.07) is 6.10. The first-order chi connectivity index (χ1) is 9.70. The Morgan fingerprint density at radius 3 is 2.95 bits per heavy atom. The summed E-state index contributed by atoms with van der Waals surface area (Å²) in [5, 5.41) is 3.93. The van der Waals surface area contributed by atoms with Crippen molar-refractivity contribution in [2.45, 2.75) is 25.9 Å². The number of ether oxygens (including phenoxy) is 1. The molecule has 2 aromatic heterocycles. The Labute approximate surface area is 118 Å². The minimum atomic E-state index is 0.186. The molecule has 0 saturated carbocycles. The monoisotopic (exact) mass is 276 g/mol. The molecule has 6 nitrogen and oxygen atoms in total. The topological polar surface area (TPSA) is 64.3 Å². The number of hydrogen-bond acceptors (Lipinski definition) is 6. The molecule has 0 aliphatic heterocycles. The van der Waals surface area contributed by atoms with Crippen LogP contribution in [0.25, 0.3) is 0 Å². The Bertz CT molecular complexity index is 515. The SMILES string of the molecule is COCCc1noc(CN(C)[C@@H](C)c2ccccn2)n1. The molecule has 0 spiro atoms. The van der Waals surface area contributed by atoms with Crippen LogP contribution in [0.5, 0.6) is 0 Å². The number of rotatable bonds is 7. The minimum absolute atomic E-state index is 0.186. The molecule has 0 aromatic carbocycles. The van der Waals surface area contributed by atoms with E-state index in [9.17, 15) is 0 Å². The molecule has 108 valence electrons. The van der Waals surface area contributed by atoms with Crippen LogP contribution >= 0.6 is 0 Å². The first kappa shape index (κ1) is 14.6. The Hall–Kier alpha value is -1.79. The molecule has 0 amide bonds. The Balaban J connectivity index is 1.93. The van der Waals surface area contributed by atoms with E-state index in [1.54, 1.807) is 13.3 Å². The van der Waals surface area contributed by atoms with Crippen LogP contribution in [0.2, 0.25) is 0 Å². The largest absolute Gasteiger partial charge is 0.384 e. The third-order valence-electron chi connectivity index (χ3n) is 3.20. The quantitative estimate of drug-likeness (QED) is 0.769. The van der Waals surface area contributed by atoms with Gasteiger partial charge in [0.15, 0.2) is 5.82 Å². The number of nitrogens with zero attached hydrogens (tertiary/aromatic N) is 4. The molecule has 2 heterocycles. The van der Waals surface area contributed by atoms with E-state index in [4.69, 9.17) is 9.26 Å². The summed E-state index contributed by atoms with van der Waals surface area (Å²) in [7, 11) is 3.67. The second-order valence-electron chi connectivity index (χ2n) is 4.69. The number of aromatic nitrogens is 3. The van der Waals surface area contributed by atoms with Crippen LogP contribution in [0.1, 0.15) is 30.4 Å². The predicted molar refractivity (Wildman–Crippen MR) is 74.0 cm³/mol. The zero-order valence-electron chi connectivity index (χ0n) is 12.1. The highest BCUT2D eigenvalue weighted by atomic mass is 16.5. The molecule has 1 atom stereocenters. The second-order valence-corrected chi connectivity index (χ2v) is 4.69. The highest BCUT2D eigenvalue weighted by Crippen LogP contribution is 2.17. The van der Waals surface area contributed by atoms with Gasteiger partial charge in [-0.25, -0.2) is 0 Å². The third kappa shape index (κ3) is 3.85. The zero-order chi connectivity index (χ0) is 14.4. The van der Waals surface area contributed by atoms with Gasteiger partial charge in [0.05, 0.1) is 18.8 Å². The summed E-state index contributed by atoms with van der Waals surface area (Å²) in [6.07, 6.45) is 2.47. The fourth-order valence-electron chi connectivity index (χ4n) is 1.85. The van der Waals surface area contributed by atoms with Gasteiger partial charge in [-0.05, 0) is 26.1 Å². The fourth-order valence-corrected chi connectivity index (χ4v) is 1.85. The molecule has 20 heavy (non-hydrogen) atoms. The van der Waals surface area contributed by atoms with Crippen LogP contribution < -0.4 is 0 Å². The van der Waals surface area contributed by atoms with Gasteiger partial charge in [-0.15, -0.1) is 0 Å². The number of hydrogen-bond donors (Lipinski definition) is 0. The third-order valence-corrected chi connectivity index (χ3v) is 3.20. The Morgan fingerprint density at radius 1 is 1.40 bits per heavy atom. The van der Waals surface area contributed by atoms with E-state index in [0.717, 1.165) is 5.69 Å². The van der Waals surface area contributed by atoms with Crippen molar-refractivity contribution in [1.29, 1.82) is 0 Å². The van der Waals surface area contributed by atoms with Gasteiger partial charge >= 0.3 is 0 Å². The van der Waals surface area contributed by atoms with Crippen molar-refractivity contribution in [2.24, 2.45) is 0 Å². The van der Waals surface area contributed by atoms with Crippen LogP contribution in [-0.2, 0) is 17.7 Å². The van der Waals surface area contributed by atoms with Gasteiger partial charge in [0.25, 0.3) is 0 Å². The van der Waals surface area contributed by atoms with Gasteiger partial charge in [-0.1, -0.05) is 11.2 Å². The smallest absolute Gasteiger partial charge is 0.240 e. The van der Waals surface area contributed by atoms with Crippen LogP contribution in [0.3, 0.4) is 0 Å². The highest BCUT2D eigenvalue weighted by Gasteiger charge is 2.16. The van der Waals surface area contributed by atoms with Gasteiger partial charge in [-0.2, -0.15) is 4.98 Å². The summed E-state index contributed by atoms with van der Waals surface area (Å²) < 4.78 is 10.2. The molecule has 0 bridgehead atoms. The van der Waals surface area contributed by atoms with E-state index in [1.165, 1.54) is 0 Å². The molecule has 0 aliphatic carbocycles. The van der Waals surface area contributed by atoms with Crippen molar-refractivity contribution in [3.8, 4) is 0 Å². The van der Waals surface area contributed by atoms with Crippen LogP contribution in [0.15, 0.2) is 28.9 Å². The molecule has 0 fully saturated rings. The Kier molecular flexibility index (Phi) is 5.20. The number of methoxy groups -OCH3 is 1. The molecular formula is C14H20N4O2. The van der Waals surface area contributed by atoms with Crippen LogP contribution in [0, 0.1) is 0 Å². The van der Waals surface area contributed by atoms with Gasteiger partial charge in [0, 0.05) is 25.8 Å². The van der Waals surface area contributed by atoms with Crippen molar-refractivity contribution < 1.29 is 9.26 Å². The van der Waals surface area contributed by atoms with Crippen LogP contribution in [0.4, 0.5) is 0 Å². The second kappa shape index (κ2) is 7.12. The van der Waals surface area contributed by atoms with E-state index in [1.807, 2.05) is 25.2 Å². The van der Waals surface area contributed by atoms with E-state index in [-0.39, 0.29) is 6.04 Å². The lowest BCUT2D eigenvalue weighted by atomic mass is 10.2. The first-order valence-corrected chi connectivity index (χ1v) is 6.62. The highest BCUT2D eigenvalue weighted by molar-refractivity contribution is 5.07. The van der Waals surface area contributed by atoms with E-state index >= 15 is 0 Å². The number of pyridine rings is 1. The molecule has 6 heteroatoms. The van der Waals surface area contributed by atoms with Crippen molar-refractivity contribution in [3.63, 3.8) is 0 Å². The lowest BCUT2D eigenvalue weighted by molar-refractivity contribution is 0.199. The molecule has 0 unspecified atom stereocenters. The van der Waals surface area contributed by atoms with Crippen molar-refractivity contribution in [2.75, 3.05) is 20.8 Å². The summed E-state index contributed by atoms with van der Waals surface area (Å²) in [5.41, 5.74) is 1.02. The van der Waals surface area contributed by atoms with Crippen molar-refractivity contribution >= 4 is 0 Å². The molecular weight excluding hydrogens is 256 g/mol. The first-order valence-electron chi connectivity index (χ1n) is 6.62. The molecule has 2 rings (SSSR count). The molecule has 0 saturated heterocycles. The van der Waals surface area contributed by atoms with Crippen molar-refractivity contribution in [3.05, 3.63) is 41.8 Å². The lowest BCUT2D eigenvalue weighted by Crippen LogP contribution is -2.22. The predicted octanol–water partition coefficient (Wildman–Crippen LogP) is 1.85. The van der Waals surface area contributed by atoms with Gasteiger partial charge < -0.3 is 9.26 Å². The zero-order valence-corrected chi connectivity index (χ0v) is 12.1. The van der Waals surface area contributed by atoms with E-state index in [0.29, 0.717) is 31.3 Å². The van der Waals surface area contributed by atoms with Gasteiger partial charge in [0.2, 0.25) is 5.89 Å². The molecule has 0 aliphatic rings. The maximum absolute atomic E-state index is 5.24. The maximum atomic E-state index is 5.24.